The molecule has 0 spiro atoms. The number of carbonyl (C=O) groups excluding carboxylic acids is 3. The topological polar surface area (TPSA) is 248 Å². The number of methoxy groups -OCH3 is 3. The van der Waals surface area contributed by atoms with Crippen LogP contribution in [0.5, 0.6) is 0 Å². The summed E-state index contributed by atoms with van der Waals surface area (Å²) in [6.45, 7) is 9.81. The maximum absolute atomic E-state index is 13.6. The van der Waals surface area contributed by atoms with E-state index in [1.54, 1.807) is 71.8 Å². The van der Waals surface area contributed by atoms with Gasteiger partial charge in [-0.1, -0.05) is 25.2 Å². The molecule has 19 heteroatoms. The van der Waals surface area contributed by atoms with Gasteiger partial charge in [-0.25, -0.2) is 0 Å². The van der Waals surface area contributed by atoms with Gasteiger partial charge in [0.1, 0.15) is 55.1 Å². The van der Waals surface area contributed by atoms with Crippen LogP contribution >= 0.6 is 0 Å². The summed E-state index contributed by atoms with van der Waals surface area (Å²) in [5.74, 6) is -3.08. The monoisotopic (exact) mass is 903 g/mol. The number of likely N-dealkylation sites (N-methyl/N-ethyl adjacent to an activating group) is 1. The molecule has 63 heavy (non-hydrogen) atoms. The number of aliphatic hydroxyl groups is 5. The van der Waals surface area contributed by atoms with Crippen LogP contribution in [0, 0.1) is 17.8 Å². The van der Waals surface area contributed by atoms with Gasteiger partial charge in [-0.15, -0.1) is 0 Å². The Morgan fingerprint density at radius 2 is 1.44 bits per heavy atom. The summed E-state index contributed by atoms with van der Waals surface area (Å²) in [6, 6.07) is -0.787. The van der Waals surface area contributed by atoms with Gasteiger partial charge in [0.25, 0.3) is 0 Å². The fraction of sp³-hybridized carbons (Fsp3) is 0.841. The van der Waals surface area contributed by atoms with E-state index in [2.05, 4.69) is 0 Å². The zero-order chi connectivity index (χ0) is 46.9. The van der Waals surface area contributed by atoms with E-state index in [9.17, 15) is 39.9 Å². The number of esters is 1. The molecule has 0 amide bonds. The van der Waals surface area contributed by atoms with Crippen LogP contribution in [0.4, 0.5) is 0 Å². The Morgan fingerprint density at radius 1 is 0.794 bits per heavy atom. The lowest BCUT2D eigenvalue weighted by Gasteiger charge is -2.50. The average molecular weight is 904 g/mol. The van der Waals surface area contributed by atoms with Crippen molar-refractivity contribution in [1.82, 2.24) is 4.90 Å². The van der Waals surface area contributed by atoms with Gasteiger partial charge in [0, 0.05) is 46.0 Å². The molecule has 4 aliphatic rings. The first kappa shape index (κ1) is 53.3. The highest BCUT2D eigenvalue weighted by atomic mass is 16.7. The number of ketones is 1. The van der Waals surface area contributed by atoms with E-state index in [0.29, 0.717) is 6.29 Å². The van der Waals surface area contributed by atoms with Crippen LogP contribution in [0.25, 0.3) is 0 Å². The van der Waals surface area contributed by atoms with Crippen molar-refractivity contribution in [2.75, 3.05) is 42.0 Å². The lowest BCUT2D eigenvalue weighted by molar-refractivity contribution is -0.344. The maximum atomic E-state index is 13.6. The predicted octanol–water partition coefficient (Wildman–Crippen LogP) is 0.432. The van der Waals surface area contributed by atoms with E-state index < -0.39 is 140 Å². The molecule has 362 valence electrons. The summed E-state index contributed by atoms with van der Waals surface area (Å²) >= 11 is 0. The molecule has 0 aromatic carbocycles. The number of ether oxygens (including phenoxy) is 10. The maximum Gasteiger partial charge on any atom is 0.308 e. The van der Waals surface area contributed by atoms with Crippen LogP contribution in [-0.4, -0.2) is 200 Å². The van der Waals surface area contributed by atoms with Gasteiger partial charge in [-0.05, 0) is 67.1 Å². The normalized spacial score (nSPS) is 45.0. The Kier molecular flexibility index (Phi) is 20.2. The summed E-state index contributed by atoms with van der Waals surface area (Å²) < 4.78 is 59.9. The van der Waals surface area contributed by atoms with Crippen molar-refractivity contribution in [3.8, 4) is 0 Å². The molecule has 21 atom stereocenters. The standard InChI is InChI=1S/C44H73NO18/c1-22-18-27(16-17-46)37(63-42-35(51)33(45(7)8)36(25(4)61-42)62-32-20-44(6,53)41(52)26(5)59-32)38(54-9)30(48)19-31(49)58-23(2)28(14-12-13-15-29(22)47)21-57-43-40(56-11)39(55-10)34(50)24(3)60-43/h12-15,17,22-28,30,32-43,48,50-53H,16,18-21H2,1-11H3/t22-,23-,24?,25?,26?,27+,28-,30-,32?,33?,34?,35?,36?,37+,38+,39?,40?,41?,42?,43?,44?/m1/s1. The number of carbonyl (C=O) groups is 3. The number of rotatable bonds is 13. The number of cyclic esters (lactones) is 1. The number of aldehydes is 1. The predicted molar refractivity (Wildman–Crippen MR) is 223 cm³/mol. The van der Waals surface area contributed by atoms with E-state index in [1.807, 2.05) is 0 Å². The van der Waals surface area contributed by atoms with Crippen molar-refractivity contribution in [3.05, 3.63) is 24.3 Å². The summed E-state index contributed by atoms with van der Waals surface area (Å²) in [6.07, 6.45) is -9.95. The van der Waals surface area contributed by atoms with Gasteiger partial charge in [-0.3, -0.25) is 9.59 Å². The number of hydrogen-bond acceptors (Lipinski definition) is 19. The van der Waals surface area contributed by atoms with Gasteiger partial charge < -0.3 is 82.6 Å². The molecular weight excluding hydrogens is 830 g/mol. The molecule has 0 aliphatic carbocycles. The fourth-order valence-electron chi connectivity index (χ4n) is 9.01. The molecule has 0 aromatic rings. The molecule has 4 heterocycles. The average Bonchev–Trinajstić information content (AvgIpc) is 3.21. The van der Waals surface area contributed by atoms with E-state index in [0.717, 1.165) is 0 Å². The molecule has 0 aromatic heterocycles. The summed E-state index contributed by atoms with van der Waals surface area (Å²) in [7, 11) is 7.66. The Hall–Kier alpha value is -2.31. The third kappa shape index (κ3) is 13.4. The van der Waals surface area contributed by atoms with Crippen LogP contribution in [0.1, 0.15) is 67.2 Å². The molecule has 0 bridgehead atoms. The van der Waals surface area contributed by atoms with Crippen LogP contribution in [0.3, 0.4) is 0 Å². The first-order chi connectivity index (χ1) is 29.7. The minimum Gasteiger partial charge on any atom is -0.462 e. The number of allylic oxidation sites excluding steroid dienone is 3. The first-order valence-electron chi connectivity index (χ1n) is 21.8. The minimum atomic E-state index is -1.57. The smallest absolute Gasteiger partial charge is 0.308 e. The Labute approximate surface area is 370 Å². The van der Waals surface area contributed by atoms with E-state index in [-0.39, 0.29) is 31.7 Å². The highest BCUT2D eigenvalue weighted by molar-refractivity contribution is 5.91. The summed E-state index contributed by atoms with van der Waals surface area (Å²) in [4.78, 5) is 41.1. The highest BCUT2D eigenvalue weighted by Gasteiger charge is 2.52. The van der Waals surface area contributed by atoms with Crippen molar-refractivity contribution in [2.45, 2.75) is 177 Å². The zero-order valence-corrected chi connectivity index (χ0v) is 38.5. The van der Waals surface area contributed by atoms with Crippen LogP contribution in [0.2, 0.25) is 0 Å². The Balaban J connectivity index is 1.60. The van der Waals surface area contributed by atoms with E-state index in [4.69, 9.17) is 47.4 Å². The lowest BCUT2D eigenvalue weighted by Crippen LogP contribution is -2.65. The third-order valence-corrected chi connectivity index (χ3v) is 12.8. The molecule has 19 nitrogen and oxygen atoms in total. The van der Waals surface area contributed by atoms with Crippen molar-refractivity contribution in [3.63, 3.8) is 0 Å². The summed E-state index contributed by atoms with van der Waals surface area (Å²) in [5, 5.41) is 55.6. The van der Waals surface area contributed by atoms with Gasteiger partial charge in [0.15, 0.2) is 24.7 Å². The molecule has 3 saturated heterocycles. The molecule has 0 radical (unpaired) electrons. The van der Waals surface area contributed by atoms with Crippen LogP contribution in [-0.2, 0) is 61.8 Å². The molecule has 5 N–H and O–H groups in total. The van der Waals surface area contributed by atoms with E-state index in [1.165, 1.54) is 34.3 Å². The molecule has 4 aliphatic heterocycles. The molecule has 0 saturated carbocycles. The second-order valence-electron chi connectivity index (χ2n) is 17.8. The van der Waals surface area contributed by atoms with E-state index >= 15 is 0 Å². The SMILES string of the molecule is COC1C(OC[C@H]2C=CC=CC(=O)[C@H](C)C[C@H](CC=O)[C@H](OC3OC(C)C(OC4CC(C)(O)C(O)C(C)O4)C(N(C)C)C3O)[C@@H](OC)[C@H](O)CC(=O)O[C@@H]2C)OC(C)C(O)C1OC. The third-order valence-electron chi connectivity index (χ3n) is 12.8. The largest absolute Gasteiger partial charge is 0.462 e. The minimum absolute atomic E-state index is 0.0435. The number of nitrogens with zero attached hydrogens (tertiary/aromatic N) is 1. The lowest BCUT2D eigenvalue weighted by atomic mass is 9.83. The quantitative estimate of drug-likeness (QED) is 0.124. The summed E-state index contributed by atoms with van der Waals surface area (Å²) in [5.41, 5.74) is -1.50. The van der Waals surface area contributed by atoms with Crippen molar-refractivity contribution in [1.29, 1.82) is 0 Å². The van der Waals surface area contributed by atoms with Crippen LogP contribution in [0.15, 0.2) is 24.3 Å². The van der Waals surface area contributed by atoms with Gasteiger partial charge in [0.05, 0.1) is 55.2 Å². The Morgan fingerprint density at radius 3 is 2.05 bits per heavy atom. The first-order valence-corrected chi connectivity index (χ1v) is 21.8. The second kappa shape index (κ2) is 23.9. The van der Waals surface area contributed by atoms with Crippen molar-refractivity contribution < 1.29 is 87.3 Å². The molecule has 3 fully saturated rings. The molecular formula is C44H73NO18. The molecule has 14 unspecified atom stereocenters. The number of aliphatic hydroxyl groups excluding tert-OH is 4. The van der Waals surface area contributed by atoms with Gasteiger partial charge >= 0.3 is 5.97 Å². The Bertz CT molecular complexity index is 1510. The highest BCUT2D eigenvalue weighted by Crippen LogP contribution is 2.37. The van der Waals surface area contributed by atoms with Gasteiger partial charge in [0.2, 0.25) is 0 Å². The second-order valence-corrected chi connectivity index (χ2v) is 17.8. The van der Waals surface area contributed by atoms with Gasteiger partial charge in [-0.2, -0.15) is 0 Å². The van der Waals surface area contributed by atoms with Crippen molar-refractivity contribution in [2.24, 2.45) is 17.8 Å². The molecule has 4 rings (SSSR count). The van der Waals surface area contributed by atoms with Crippen LogP contribution < -0.4 is 0 Å². The van der Waals surface area contributed by atoms with Crippen molar-refractivity contribution >= 4 is 18.0 Å². The number of hydrogen-bond donors (Lipinski definition) is 5. The zero-order valence-electron chi connectivity index (χ0n) is 38.5. The fourth-order valence-corrected chi connectivity index (χ4v) is 9.01.